The summed E-state index contributed by atoms with van der Waals surface area (Å²) < 4.78 is 0. The Kier molecular flexibility index (Phi) is 4.51. The lowest BCUT2D eigenvalue weighted by Crippen LogP contribution is -2.63. The minimum atomic E-state index is -0.732. The fraction of sp³-hybridized carbons (Fsp3) is 0.833. The summed E-state index contributed by atoms with van der Waals surface area (Å²) >= 11 is 0. The van der Waals surface area contributed by atoms with E-state index in [0.717, 1.165) is 12.8 Å². The van der Waals surface area contributed by atoms with Crippen LogP contribution in [0.1, 0.15) is 40.0 Å². The van der Waals surface area contributed by atoms with Gasteiger partial charge in [0.2, 0.25) is 11.8 Å². The number of piperazine rings is 1. The first-order chi connectivity index (χ1) is 7.85. The summed E-state index contributed by atoms with van der Waals surface area (Å²) in [4.78, 5) is 25.4. The molecule has 0 aliphatic carbocycles. The molecule has 1 heterocycles. The van der Waals surface area contributed by atoms with Crippen molar-refractivity contribution in [1.82, 2.24) is 10.2 Å². The Morgan fingerprint density at radius 2 is 2.24 bits per heavy atom. The predicted molar refractivity (Wildman–Crippen MR) is 66.3 cm³/mol. The lowest BCUT2D eigenvalue weighted by molar-refractivity contribution is -0.149. The van der Waals surface area contributed by atoms with Gasteiger partial charge in [-0.2, -0.15) is 0 Å². The molecule has 0 saturated carbocycles. The van der Waals surface area contributed by atoms with E-state index in [1.807, 2.05) is 6.92 Å². The molecule has 1 unspecified atom stereocenters. The molecule has 1 atom stereocenters. The highest BCUT2D eigenvalue weighted by molar-refractivity contribution is 5.91. The number of nitrogens with two attached hydrogens (primary N) is 1. The average molecular weight is 241 g/mol. The van der Waals surface area contributed by atoms with Crippen LogP contribution in [-0.2, 0) is 9.59 Å². The fourth-order valence-electron chi connectivity index (χ4n) is 2.05. The molecule has 0 spiro atoms. The number of carbonyl (C=O) groups is 2. The molecule has 2 amide bonds. The van der Waals surface area contributed by atoms with E-state index in [-0.39, 0.29) is 17.9 Å². The number of rotatable bonds is 4. The Balaban J connectivity index is 2.53. The molecule has 98 valence electrons. The summed E-state index contributed by atoms with van der Waals surface area (Å²) in [6.45, 7) is 6.63. The smallest absolute Gasteiger partial charge is 0.245 e. The number of carbonyl (C=O) groups excluding carboxylic acids is 2. The van der Waals surface area contributed by atoms with E-state index in [1.54, 1.807) is 18.7 Å². The number of hydrogen-bond donors (Lipinski definition) is 2. The monoisotopic (exact) mass is 241 g/mol. The van der Waals surface area contributed by atoms with Gasteiger partial charge in [0.05, 0.1) is 0 Å². The predicted octanol–water partition coefficient (Wildman–Crippen LogP) is 0.241. The van der Waals surface area contributed by atoms with Gasteiger partial charge in [-0.15, -0.1) is 0 Å². The van der Waals surface area contributed by atoms with E-state index in [0.29, 0.717) is 19.5 Å². The van der Waals surface area contributed by atoms with Crippen molar-refractivity contribution in [2.24, 2.45) is 5.73 Å². The maximum atomic E-state index is 12.0. The first-order valence-corrected chi connectivity index (χ1v) is 6.20. The Morgan fingerprint density at radius 1 is 1.59 bits per heavy atom. The highest BCUT2D eigenvalue weighted by Gasteiger charge is 2.39. The number of amides is 2. The third-order valence-electron chi connectivity index (χ3n) is 3.20. The third kappa shape index (κ3) is 3.43. The average Bonchev–Trinajstić information content (AvgIpc) is 2.21. The molecule has 0 aromatic heterocycles. The van der Waals surface area contributed by atoms with E-state index in [1.165, 1.54) is 0 Å². The van der Waals surface area contributed by atoms with Gasteiger partial charge in [0, 0.05) is 25.6 Å². The van der Waals surface area contributed by atoms with Gasteiger partial charge in [-0.1, -0.05) is 0 Å². The molecule has 0 radical (unpaired) electrons. The zero-order valence-electron chi connectivity index (χ0n) is 11.0. The number of hydrogen-bond acceptors (Lipinski definition) is 3. The van der Waals surface area contributed by atoms with Crippen LogP contribution in [0.2, 0.25) is 0 Å². The summed E-state index contributed by atoms with van der Waals surface area (Å²) in [6, 6.07) is 0.125. The van der Waals surface area contributed by atoms with E-state index >= 15 is 0 Å². The Morgan fingerprint density at radius 3 is 2.82 bits per heavy atom. The zero-order chi connectivity index (χ0) is 13.1. The van der Waals surface area contributed by atoms with E-state index in [4.69, 9.17) is 5.73 Å². The second kappa shape index (κ2) is 5.49. The van der Waals surface area contributed by atoms with Crippen LogP contribution >= 0.6 is 0 Å². The van der Waals surface area contributed by atoms with Crippen LogP contribution in [0, 0.1) is 0 Å². The molecule has 1 aliphatic heterocycles. The first-order valence-electron chi connectivity index (χ1n) is 6.20. The maximum Gasteiger partial charge on any atom is 0.245 e. The Bertz CT molecular complexity index is 300. The van der Waals surface area contributed by atoms with Gasteiger partial charge < -0.3 is 16.0 Å². The third-order valence-corrected chi connectivity index (χ3v) is 3.20. The van der Waals surface area contributed by atoms with Crippen LogP contribution in [0.5, 0.6) is 0 Å². The normalized spacial score (nSPS) is 20.9. The van der Waals surface area contributed by atoms with E-state index < -0.39 is 5.54 Å². The lowest BCUT2D eigenvalue weighted by atomic mass is 9.98. The van der Waals surface area contributed by atoms with Crippen molar-refractivity contribution >= 4 is 11.8 Å². The standard InChI is InChI=1S/C12H23N3O2/c1-9(13)5-4-6-10(16)15-8-7-14-11(17)12(15,2)3/h9H,4-8,13H2,1-3H3,(H,14,17). The van der Waals surface area contributed by atoms with Crippen LogP contribution in [0.15, 0.2) is 0 Å². The van der Waals surface area contributed by atoms with Crippen molar-refractivity contribution in [3.8, 4) is 0 Å². The van der Waals surface area contributed by atoms with Gasteiger partial charge in [-0.25, -0.2) is 0 Å². The first kappa shape index (κ1) is 14.0. The van der Waals surface area contributed by atoms with Gasteiger partial charge in [-0.05, 0) is 33.6 Å². The van der Waals surface area contributed by atoms with Crippen LogP contribution in [-0.4, -0.2) is 41.4 Å². The molecule has 5 nitrogen and oxygen atoms in total. The van der Waals surface area contributed by atoms with Crippen molar-refractivity contribution < 1.29 is 9.59 Å². The minimum Gasteiger partial charge on any atom is -0.352 e. The molecule has 1 fully saturated rings. The summed E-state index contributed by atoms with van der Waals surface area (Å²) in [6.07, 6.45) is 2.09. The van der Waals surface area contributed by atoms with Gasteiger partial charge in [0.25, 0.3) is 0 Å². The van der Waals surface area contributed by atoms with Crippen molar-refractivity contribution in [3.05, 3.63) is 0 Å². The quantitative estimate of drug-likeness (QED) is 0.740. The molecule has 1 rings (SSSR count). The maximum absolute atomic E-state index is 12.0. The summed E-state index contributed by atoms with van der Waals surface area (Å²) in [5.74, 6) is -0.0326. The Hall–Kier alpha value is -1.10. The van der Waals surface area contributed by atoms with Crippen LogP contribution in [0.4, 0.5) is 0 Å². The highest BCUT2D eigenvalue weighted by Crippen LogP contribution is 2.19. The SMILES string of the molecule is CC(N)CCCC(=O)N1CCNC(=O)C1(C)C. The molecule has 0 bridgehead atoms. The molecule has 0 aromatic rings. The number of nitrogens with zero attached hydrogens (tertiary/aromatic N) is 1. The van der Waals surface area contributed by atoms with E-state index in [2.05, 4.69) is 5.32 Å². The molecule has 1 saturated heterocycles. The van der Waals surface area contributed by atoms with Crippen molar-refractivity contribution in [2.75, 3.05) is 13.1 Å². The molecule has 0 aromatic carbocycles. The Labute approximate surface area is 103 Å². The molecular formula is C12H23N3O2. The molecule has 3 N–H and O–H groups in total. The van der Waals surface area contributed by atoms with Crippen molar-refractivity contribution in [1.29, 1.82) is 0 Å². The minimum absolute atomic E-state index is 0.0468. The molecule has 17 heavy (non-hydrogen) atoms. The highest BCUT2D eigenvalue weighted by atomic mass is 16.2. The second-order valence-corrected chi connectivity index (χ2v) is 5.23. The van der Waals surface area contributed by atoms with Gasteiger partial charge >= 0.3 is 0 Å². The van der Waals surface area contributed by atoms with Crippen LogP contribution < -0.4 is 11.1 Å². The second-order valence-electron chi connectivity index (χ2n) is 5.23. The summed E-state index contributed by atoms with van der Waals surface area (Å²) in [7, 11) is 0. The molecule has 5 heteroatoms. The zero-order valence-corrected chi connectivity index (χ0v) is 11.0. The largest absolute Gasteiger partial charge is 0.352 e. The fourth-order valence-corrected chi connectivity index (χ4v) is 2.05. The van der Waals surface area contributed by atoms with Crippen molar-refractivity contribution in [3.63, 3.8) is 0 Å². The van der Waals surface area contributed by atoms with E-state index in [9.17, 15) is 9.59 Å². The number of nitrogens with one attached hydrogen (secondary N) is 1. The van der Waals surface area contributed by atoms with Gasteiger partial charge in [0.15, 0.2) is 0 Å². The van der Waals surface area contributed by atoms with Crippen LogP contribution in [0.3, 0.4) is 0 Å². The summed E-state index contributed by atoms with van der Waals surface area (Å²) in [5, 5.41) is 2.78. The van der Waals surface area contributed by atoms with Crippen molar-refractivity contribution in [2.45, 2.75) is 51.6 Å². The van der Waals surface area contributed by atoms with Gasteiger partial charge in [-0.3, -0.25) is 9.59 Å². The molecular weight excluding hydrogens is 218 g/mol. The molecule has 1 aliphatic rings. The topological polar surface area (TPSA) is 75.4 Å². The summed E-state index contributed by atoms with van der Waals surface area (Å²) in [5.41, 5.74) is 4.91. The lowest BCUT2D eigenvalue weighted by Gasteiger charge is -2.41. The van der Waals surface area contributed by atoms with Crippen LogP contribution in [0.25, 0.3) is 0 Å². The van der Waals surface area contributed by atoms with Gasteiger partial charge in [0.1, 0.15) is 5.54 Å².